The fraction of sp³-hybridized carbons (Fsp3) is 0.444. The summed E-state index contributed by atoms with van der Waals surface area (Å²) in [7, 11) is 0. The van der Waals surface area contributed by atoms with E-state index < -0.39 is 0 Å². The van der Waals surface area contributed by atoms with E-state index in [4.69, 9.17) is 9.72 Å². The van der Waals surface area contributed by atoms with Crippen molar-refractivity contribution in [3.63, 3.8) is 0 Å². The molecule has 24 heavy (non-hydrogen) atoms. The standard InChI is InChI=1S/C18H21N3O2S/c1-12-10-15(12)17(22)19-14-4-2-13(3-5-14)16-11-24-18(20-16)21-6-8-23-9-7-21/h2-5,11-12,15H,6-10H2,1H3,(H,19,22)/t12-,15-/m1/s1. The molecule has 1 N–H and O–H groups in total. The lowest BCUT2D eigenvalue weighted by Gasteiger charge is -2.26. The molecule has 1 aromatic carbocycles. The summed E-state index contributed by atoms with van der Waals surface area (Å²) < 4.78 is 5.39. The molecule has 2 atom stereocenters. The summed E-state index contributed by atoms with van der Waals surface area (Å²) in [6.07, 6.45) is 1.01. The first kappa shape index (κ1) is 15.6. The Kier molecular flexibility index (Phi) is 4.24. The summed E-state index contributed by atoms with van der Waals surface area (Å²) in [6, 6.07) is 7.94. The number of hydrogen-bond donors (Lipinski definition) is 1. The monoisotopic (exact) mass is 343 g/mol. The lowest BCUT2D eigenvalue weighted by Crippen LogP contribution is -2.36. The minimum atomic E-state index is 0.138. The van der Waals surface area contributed by atoms with Gasteiger partial charge in [0, 0.05) is 35.6 Å². The van der Waals surface area contributed by atoms with Gasteiger partial charge in [0.25, 0.3) is 0 Å². The summed E-state index contributed by atoms with van der Waals surface area (Å²) in [4.78, 5) is 19.0. The summed E-state index contributed by atoms with van der Waals surface area (Å²) in [5.74, 6) is 0.857. The molecule has 0 spiro atoms. The molecule has 1 aromatic heterocycles. The molecule has 2 heterocycles. The van der Waals surface area contributed by atoms with Crippen LogP contribution >= 0.6 is 11.3 Å². The number of aromatic nitrogens is 1. The number of nitrogens with one attached hydrogen (secondary N) is 1. The highest BCUT2D eigenvalue weighted by molar-refractivity contribution is 7.14. The van der Waals surface area contributed by atoms with Crippen molar-refractivity contribution in [3.8, 4) is 11.3 Å². The highest BCUT2D eigenvalue weighted by Crippen LogP contribution is 2.38. The maximum atomic E-state index is 12.0. The van der Waals surface area contributed by atoms with Crippen LogP contribution in [0.15, 0.2) is 29.6 Å². The van der Waals surface area contributed by atoms with Crippen LogP contribution in [-0.2, 0) is 9.53 Å². The molecule has 2 aromatic rings. The molecular formula is C18H21N3O2S. The summed E-state index contributed by atoms with van der Waals surface area (Å²) in [5, 5.41) is 6.13. The molecule has 2 aliphatic rings. The smallest absolute Gasteiger partial charge is 0.227 e. The summed E-state index contributed by atoms with van der Waals surface area (Å²) >= 11 is 1.67. The van der Waals surface area contributed by atoms with Crippen molar-refractivity contribution in [2.75, 3.05) is 36.5 Å². The first-order valence-corrected chi connectivity index (χ1v) is 9.28. The van der Waals surface area contributed by atoms with E-state index >= 15 is 0 Å². The van der Waals surface area contributed by atoms with E-state index in [2.05, 4.69) is 22.5 Å². The molecule has 4 rings (SSSR count). The maximum absolute atomic E-state index is 12.0. The minimum absolute atomic E-state index is 0.138. The first-order valence-electron chi connectivity index (χ1n) is 8.40. The Morgan fingerprint density at radius 2 is 2.00 bits per heavy atom. The summed E-state index contributed by atoms with van der Waals surface area (Å²) in [5.41, 5.74) is 2.91. The number of carbonyl (C=O) groups excluding carboxylic acids is 1. The van der Waals surface area contributed by atoms with Gasteiger partial charge in [-0.1, -0.05) is 19.1 Å². The minimum Gasteiger partial charge on any atom is -0.378 e. The van der Waals surface area contributed by atoms with E-state index in [-0.39, 0.29) is 11.8 Å². The van der Waals surface area contributed by atoms with Crippen LogP contribution in [0.5, 0.6) is 0 Å². The molecule has 5 nitrogen and oxygen atoms in total. The van der Waals surface area contributed by atoms with Crippen molar-refractivity contribution >= 4 is 28.1 Å². The van der Waals surface area contributed by atoms with Crippen molar-refractivity contribution in [1.82, 2.24) is 4.98 Å². The van der Waals surface area contributed by atoms with Gasteiger partial charge in [-0.2, -0.15) is 0 Å². The second-order valence-electron chi connectivity index (χ2n) is 6.50. The Labute approximate surface area is 145 Å². The molecule has 0 radical (unpaired) electrons. The van der Waals surface area contributed by atoms with Gasteiger partial charge in [0.1, 0.15) is 0 Å². The number of anilines is 2. The normalized spacial score (nSPS) is 23.1. The van der Waals surface area contributed by atoms with Gasteiger partial charge in [-0.3, -0.25) is 4.79 Å². The van der Waals surface area contributed by atoms with E-state index in [0.29, 0.717) is 5.92 Å². The maximum Gasteiger partial charge on any atom is 0.227 e. The van der Waals surface area contributed by atoms with Crippen LogP contribution in [0.25, 0.3) is 11.3 Å². The van der Waals surface area contributed by atoms with E-state index in [9.17, 15) is 4.79 Å². The lowest BCUT2D eigenvalue weighted by molar-refractivity contribution is -0.117. The van der Waals surface area contributed by atoms with Crippen molar-refractivity contribution in [2.45, 2.75) is 13.3 Å². The second-order valence-corrected chi connectivity index (χ2v) is 7.34. The second kappa shape index (κ2) is 6.53. The van der Waals surface area contributed by atoms with Crippen LogP contribution in [0.4, 0.5) is 10.8 Å². The van der Waals surface area contributed by atoms with Crippen LogP contribution in [-0.4, -0.2) is 37.2 Å². The Bertz CT molecular complexity index is 722. The van der Waals surface area contributed by atoms with E-state index in [1.807, 2.05) is 24.3 Å². The Balaban J connectivity index is 1.43. The first-order chi connectivity index (χ1) is 11.7. The molecule has 126 valence electrons. The zero-order valence-electron chi connectivity index (χ0n) is 13.7. The van der Waals surface area contributed by atoms with Crippen LogP contribution in [0.1, 0.15) is 13.3 Å². The van der Waals surface area contributed by atoms with Crippen LogP contribution in [0, 0.1) is 11.8 Å². The third-order valence-corrected chi connectivity index (χ3v) is 5.57. The van der Waals surface area contributed by atoms with Gasteiger partial charge in [0.2, 0.25) is 5.91 Å². The molecule has 2 fully saturated rings. The van der Waals surface area contributed by atoms with Gasteiger partial charge in [-0.25, -0.2) is 4.98 Å². The number of carbonyl (C=O) groups is 1. The van der Waals surface area contributed by atoms with Gasteiger partial charge in [0.15, 0.2) is 5.13 Å². The van der Waals surface area contributed by atoms with Crippen LogP contribution in [0.3, 0.4) is 0 Å². The van der Waals surface area contributed by atoms with Gasteiger partial charge >= 0.3 is 0 Å². The predicted molar refractivity (Wildman–Crippen MR) is 96.5 cm³/mol. The quantitative estimate of drug-likeness (QED) is 0.926. The van der Waals surface area contributed by atoms with Crippen molar-refractivity contribution in [1.29, 1.82) is 0 Å². The number of nitrogens with zero attached hydrogens (tertiary/aromatic N) is 2. The van der Waals surface area contributed by atoms with Crippen molar-refractivity contribution < 1.29 is 9.53 Å². The molecule has 0 bridgehead atoms. The number of morpholine rings is 1. The van der Waals surface area contributed by atoms with E-state index in [1.54, 1.807) is 11.3 Å². The van der Waals surface area contributed by atoms with E-state index in [0.717, 1.165) is 54.8 Å². The Morgan fingerprint density at radius 1 is 1.29 bits per heavy atom. The highest BCUT2D eigenvalue weighted by atomic mass is 32.1. The third kappa shape index (κ3) is 3.30. The van der Waals surface area contributed by atoms with Crippen LogP contribution < -0.4 is 10.2 Å². The topological polar surface area (TPSA) is 54.5 Å². The molecule has 1 aliphatic carbocycles. The number of ether oxygens (including phenoxy) is 1. The lowest BCUT2D eigenvalue weighted by atomic mass is 10.1. The fourth-order valence-electron chi connectivity index (χ4n) is 2.94. The third-order valence-electron chi connectivity index (χ3n) is 4.67. The average molecular weight is 343 g/mol. The molecule has 0 unspecified atom stereocenters. The average Bonchev–Trinajstić information content (AvgIpc) is 3.16. The molecule has 1 saturated carbocycles. The van der Waals surface area contributed by atoms with Gasteiger partial charge < -0.3 is 15.0 Å². The molecule has 6 heteroatoms. The number of amides is 1. The molecular weight excluding hydrogens is 322 g/mol. The van der Waals surface area contributed by atoms with Gasteiger partial charge in [0.05, 0.1) is 18.9 Å². The molecule has 1 amide bonds. The summed E-state index contributed by atoms with van der Waals surface area (Å²) in [6.45, 7) is 5.45. The highest BCUT2D eigenvalue weighted by Gasteiger charge is 2.39. The Morgan fingerprint density at radius 3 is 2.67 bits per heavy atom. The largest absolute Gasteiger partial charge is 0.378 e. The van der Waals surface area contributed by atoms with Crippen molar-refractivity contribution in [3.05, 3.63) is 29.6 Å². The van der Waals surface area contributed by atoms with Gasteiger partial charge in [-0.15, -0.1) is 11.3 Å². The van der Waals surface area contributed by atoms with E-state index in [1.165, 1.54) is 0 Å². The van der Waals surface area contributed by atoms with Gasteiger partial charge in [-0.05, 0) is 24.5 Å². The predicted octanol–water partition coefficient (Wildman–Crippen LogP) is 3.24. The van der Waals surface area contributed by atoms with Crippen LogP contribution in [0.2, 0.25) is 0 Å². The number of benzene rings is 1. The number of thiazole rings is 1. The zero-order valence-corrected chi connectivity index (χ0v) is 14.5. The number of rotatable bonds is 4. The van der Waals surface area contributed by atoms with Crippen molar-refractivity contribution in [2.24, 2.45) is 11.8 Å². The molecule has 1 aliphatic heterocycles. The fourth-order valence-corrected chi connectivity index (χ4v) is 3.83. The zero-order chi connectivity index (χ0) is 16.5. The molecule has 1 saturated heterocycles. The Hall–Kier alpha value is -1.92. The SMILES string of the molecule is C[C@@H]1C[C@H]1C(=O)Nc1ccc(-c2csc(N3CCOCC3)n2)cc1. The number of hydrogen-bond acceptors (Lipinski definition) is 5.